The van der Waals surface area contributed by atoms with Gasteiger partial charge in [0.15, 0.2) is 5.69 Å². The van der Waals surface area contributed by atoms with Crippen molar-refractivity contribution in [2.75, 3.05) is 5.32 Å². The number of carbonyl (C=O) groups excluding carboxylic acids is 1. The van der Waals surface area contributed by atoms with Crippen molar-refractivity contribution >= 4 is 23.5 Å². The van der Waals surface area contributed by atoms with E-state index in [1.54, 1.807) is 0 Å². The van der Waals surface area contributed by atoms with Crippen molar-refractivity contribution in [3.63, 3.8) is 0 Å². The number of aromatic nitrogens is 6. The summed E-state index contributed by atoms with van der Waals surface area (Å²) in [6, 6.07) is 0.146. The summed E-state index contributed by atoms with van der Waals surface area (Å²) in [6.45, 7) is 0. The molecule has 0 unspecified atom stereocenters. The Labute approximate surface area is 141 Å². The van der Waals surface area contributed by atoms with E-state index < -0.39 is 5.91 Å². The summed E-state index contributed by atoms with van der Waals surface area (Å²) in [5.74, 6) is -0.558. The van der Waals surface area contributed by atoms with E-state index >= 15 is 0 Å². The molecule has 1 aliphatic carbocycles. The molecule has 4 N–H and O–H groups in total. The van der Waals surface area contributed by atoms with E-state index in [1.807, 2.05) is 0 Å². The van der Waals surface area contributed by atoms with Gasteiger partial charge in [0.1, 0.15) is 0 Å². The first kappa shape index (κ1) is 16.5. The number of tetrazole rings is 1. The summed E-state index contributed by atoms with van der Waals surface area (Å²) in [6.07, 6.45) is 3.15. The summed E-state index contributed by atoms with van der Waals surface area (Å²) in [5, 5.41) is 19.2. The summed E-state index contributed by atoms with van der Waals surface area (Å²) in [7, 11) is 1.49. The smallest absolute Gasteiger partial charge is 0.280 e. The van der Waals surface area contributed by atoms with Crippen LogP contribution in [0.5, 0.6) is 0 Å². The van der Waals surface area contributed by atoms with E-state index in [-0.39, 0.29) is 34.2 Å². The van der Waals surface area contributed by atoms with Gasteiger partial charge in [0.2, 0.25) is 5.95 Å². The molecule has 0 bridgehead atoms. The van der Waals surface area contributed by atoms with Crippen molar-refractivity contribution in [1.82, 2.24) is 30.4 Å². The van der Waals surface area contributed by atoms with Crippen molar-refractivity contribution < 1.29 is 4.79 Å². The Morgan fingerprint density at radius 2 is 2.08 bits per heavy atom. The van der Waals surface area contributed by atoms with Crippen molar-refractivity contribution in [3.05, 3.63) is 26.6 Å². The van der Waals surface area contributed by atoms with E-state index in [9.17, 15) is 9.59 Å². The predicted octanol–water partition coefficient (Wildman–Crippen LogP) is 0.184. The molecule has 0 spiro atoms. The number of nitrogens with two attached hydrogens (primary N) is 1. The minimum absolute atomic E-state index is 0.0301. The van der Waals surface area contributed by atoms with Gasteiger partial charge in [0.25, 0.3) is 11.5 Å². The highest BCUT2D eigenvalue weighted by Crippen LogP contribution is 2.34. The molecule has 0 aromatic carbocycles. The Bertz CT molecular complexity index is 795. The molecular weight excluding hydrogens is 336 g/mol. The molecule has 1 fully saturated rings. The lowest BCUT2D eigenvalue weighted by atomic mass is 9.82. The van der Waals surface area contributed by atoms with Crippen LogP contribution in [0.25, 0.3) is 0 Å². The second-order valence-electron chi connectivity index (χ2n) is 5.82. The van der Waals surface area contributed by atoms with Crippen LogP contribution in [0.15, 0.2) is 4.79 Å². The second-order valence-corrected chi connectivity index (χ2v) is 6.20. The molecule has 3 rings (SSSR count). The van der Waals surface area contributed by atoms with Crippen LogP contribution in [0, 0.1) is 0 Å². The SMILES string of the molecule is Cn1nc(C(=O)Nc2nnn[nH]2)c(Cl)c(C2CCC(N)CC2)c1=O. The van der Waals surface area contributed by atoms with Gasteiger partial charge in [-0.2, -0.15) is 5.10 Å². The highest BCUT2D eigenvalue weighted by Gasteiger charge is 2.28. The number of halogens is 1. The van der Waals surface area contributed by atoms with Crippen LogP contribution in [0.4, 0.5) is 5.95 Å². The van der Waals surface area contributed by atoms with Crippen LogP contribution in [0.1, 0.15) is 47.7 Å². The van der Waals surface area contributed by atoms with Crippen LogP contribution in [0.2, 0.25) is 5.02 Å². The molecule has 0 atom stereocenters. The third-order valence-corrected chi connectivity index (χ3v) is 4.57. The minimum Gasteiger partial charge on any atom is -0.328 e. The number of H-pyrrole nitrogens is 1. The lowest BCUT2D eigenvalue weighted by Gasteiger charge is -2.26. The Morgan fingerprint density at radius 3 is 2.71 bits per heavy atom. The fraction of sp³-hybridized carbons (Fsp3) is 0.538. The number of carbonyl (C=O) groups is 1. The average molecular weight is 353 g/mol. The third-order valence-electron chi connectivity index (χ3n) is 4.19. The molecular formula is C13H17ClN8O2. The van der Waals surface area contributed by atoms with Crippen LogP contribution in [0.3, 0.4) is 0 Å². The van der Waals surface area contributed by atoms with Crippen LogP contribution >= 0.6 is 11.6 Å². The topological polar surface area (TPSA) is 144 Å². The van der Waals surface area contributed by atoms with Crippen molar-refractivity contribution in [2.24, 2.45) is 12.8 Å². The number of aryl methyl sites for hydroxylation is 1. The van der Waals surface area contributed by atoms with Gasteiger partial charge >= 0.3 is 0 Å². The second kappa shape index (κ2) is 6.65. The average Bonchev–Trinajstić information content (AvgIpc) is 3.05. The molecule has 1 saturated carbocycles. The molecule has 11 heteroatoms. The monoisotopic (exact) mass is 352 g/mol. The number of aromatic amines is 1. The maximum atomic E-state index is 12.5. The molecule has 128 valence electrons. The van der Waals surface area contributed by atoms with Crippen LogP contribution in [-0.4, -0.2) is 42.4 Å². The van der Waals surface area contributed by atoms with Gasteiger partial charge in [-0.05, 0) is 42.0 Å². The van der Waals surface area contributed by atoms with E-state index in [0.717, 1.165) is 30.4 Å². The molecule has 0 aliphatic heterocycles. The van der Waals surface area contributed by atoms with Gasteiger partial charge in [-0.25, -0.2) is 9.78 Å². The lowest BCUT2D eigenvalue weighted by Crippen LogP contribution is -2.33. The zero-order valence-corrected chi connectivity index (χ0v) is 13.7. The van der Waals surface area contributed by atoms with Gasteiger partial charge in [-0.1, -0.05) is 16.7 Å². The fourth-order valence-electron chi connectivity index (χ4n) is 2.92. The molecule has 0 saturated heterocycles. The predicted molar refractivity (Wildman–Crippen MR) is 85.8 cm³/mol. The molecule has 24 heavy (non-hydrogen) atoms. The number of hydrogen-bond donors (Lipinski definition) is 3. The van der Waals surface area contributed by atoms with E-state index in [2.05, 4.69) is 31.0 Å². The Kier molecular flexibility index (Phi) is 4.58. The maximum Gasteiger partial charge on any atom is 0.280 e. The molecule has 2 aromatic rings. The van der Waals surface area contributed by atoms with Gasteiger partial charge in [-0.3, -0.25) is 14.9 Å². The number of anilines is 1. The van der Waals surface area contributed by atoms with Gasteiger partial charge in [0, 0.05) is 18.7 Å². The summed E-state index contributed by atoms with van der Waals surface area (Å²) in [5.41, 5.74) is 6.00. The molecule has 0 radical (unpaired) electrons. The maximum absolute atomic E-state index is 12.5. The Hall–Kier alpha value is -2.33. The van der Waals surface area contributed by atoms with E-state index in [0.29, 0.717) is 5.56 Å². The van der Waals surface area contributed by atoms with E-state index in [4.69, 9.17) is 17.3 Å². The van der Waals surface area contributed by atoms with Crippen LogP contribution < -0.4 is 16.6 Å². The van der Waals surface area contributed by atoms with Crippen molar-refractivity contribution in [2.45, 2.75) is 37.6 Å². The molecule has 1 amide bonds. The standard InChI is InChI=1S/C13H17ClN8O2/c1-22-12(24)8(6-2-4-7(15)5-3-6)9(14)10(19-22)11(23)16-13-17-20-21-18-13/h6-7H,2-5,15H2,1H3,(H2,16,17,18,20,21,23). The highest BCUT2D eigenvalue weighted by atomic mass is 35.5. The third kappa shape index (κ3) is 3.15. The summed E-state index contributed by atoms with van der Waals surface area (Å²) in [4.78, 5) is 24.9. The summed E-state index contributed by atoms with van der Waals surface area (Å²) < 4.78 is 1.13. The molecule has 2 aromatic heterocycles. The number of nitrogens with zero attached hydrogens (tertiary/aromatic N) is 5. The van der Waals surface area contributed by atoms with Crippen molar-refractivity contribution in [3.8, 4) is 0 Å². The zero-order valence-electron chi connectivity index (χ0n) is 13.0. The Morgan fingerprint density at radius 1 is 1.38 bits per heavy atom. The first-order valence-electron chi connectivity index (χ1n) is 7.54. The normalized spacial score (nSPS) is 20.8. The summed E-state index contributed by atoms with van der Waals surface area (Å²) >= 11 is 6.36. The number of amides is 1. The highest BCUT2D eigenvalue weighted by molar-refractivity contribution is 6.34. The zero-order chi connectivity index (χ0) is 17.3. The first-order valence-corrected chi connectivity index (χ1v) is 7.92. The fourth-order valence-corrected chi connectivity index (χ4v) is 3.28. The quantitative estimate of drug-likeness (QED) is 0.714. The van der Waals surface area contributed by atoms with E-state index in [1.165, 1.54) is 7.05 Å². The van der Waals surface area contributed by atoms with Crippen LogP contribution in [-0.2, 0) is 7.05 Å². The number of hydrogen-bond acceptors (Lipinski definition) is 7. The molecule has 1 aliphatic rings. The van der Waals surface area contributed by atoms with Crippen molar-refractivity contribution in [1.29, 1.82) is 0 Å². The minimum atomic E-state index is -0.595. The molecule has 10 nitrogen and oxygen atoms in total. The van der Waals surface area contributed by atoms with Gasteiger partial charge < -0.3 is 5.73 Å². The lowest BCUT2D eigenvalue weighted by molar-refractivity contribution is 0.101. The molecule has 2 heterocycles. The first-order chi connectivity index (χ1) is 11.5. The number of rotatable bonds is 3. The largest absolute Gasteiger partial charge is 0.328 e. The van der Waals surface area contributed by atoms with Gasteiger partial charge in [0.05, 0.1) is 5.02 Å². The van der Waals surface area contributed by atoms with Gasteiger partial charge in [-0.15, -0.1) is 0 Å². The number of nitrogens with one attached hydrogen (secondary N) is 2. The Balaban J connectivity index is 1.96.